The van der Waals surface area contributed by atoms with E-state index in [1.54, 1.807) is 18.0 Å². The number of hydrogen-bond acceptors (Lipinski definition) is 4. The van der Waals surface area contributed by atoms with Gasteiger partial charge in [0.25, 0.3) is 0 Å². The second kappa shape index (κ2) is 11.1. The first-order valence-electron chi connectivity index (χ1n) is 8.31. The van der Waals surface area contributed by atoms with E-state index in [9.17, 15) is 4.79 Å². The number of nitrogens with one attached hydrogen (secondary N) is 1. The number of anilines is 1. The van der Waals surface area contributed by atoms with E-state index in [0.717, 1.165) is 10.8 Å². The summed E-state index contributed by atoms with van der Waals surface area (Å²) in [5.41, 5.74) is 8.47. The molecule has 2 aromatic carbocycles. The zero-order valence-corrected chi connectivity index (χ0v) is 15.6. The van der Waals surface area contributed by atoms with Crippen LogP contribution in [0.3, 0.4) is 0 Å². The quantitative estimate of drug-likeness (QED) is 0.663. The SMILES string of the molecule is Cc1ccccc1.NCC(=O)Nc1ccc(SCc2ccccc2)nc1. The number of aryl methyl sites for hydroxylation is 1. The standard InChI is InChI=1S/C14H15N3OS.C7H8/c15-8-13(18)17-12-6-7-14(16-9-12)19-10-11-4-2-1-3-5-11;1-7-5-3-2-4-6-7/h1-7,9H,8,10,15H2,(H,17,18);2-6H,1H3. The number of carbonyl (C=O) groups is 1. The summed E-state index contributed by atoms with van der Waals surface area (Å²) in [5.74, 6) is 0.661. The molecule has 0 unspecified atom stereocenters. The molecule has 0 bridgehead atoms. The molecule has 0 spiro atoms. The Morgan fingerprint density at radius 1 is 1.00 bits per heavy atom. The first kappa shape index (κ1) is 19.7. The number of benzene rings is 2. The van der Waals surface area contributed by atoms with E-state index in [1.807, 2.05) is 48.5 Å². The molecule has 0 saturated carbocycles. The molecule has 1 heterocycles. The predicted octanol–water partition coefficient (Wildman–Crippen LogP) is 4.27. The van der Waals surface area contributed by atoms with Gasteiger partial charge in [-0.3, -0.25) is 4.79 Å². The zero-order valence-electron chi connectivity index (χ0n) is 14.8. The van der Waals surface area contributed by atoms with Crippen LogP contribution in [-0.4, -0.2) is 17.4 Å². The van der Waals surface area contributed by atoms with E-state index in [2.05, 4.69) is 41.5 Å². The van der Waals surface area contributed by atoms with Crippen molar-refractivity contribution in [3.05, 3.63) is 90.1 Å². The zero-order chi connectivity index (χ0) is 18.6. The van der Waals surface area contributed by atoms with E-state index < -0.39 is 0 Å². The Labute approximate surface area is 158 Å². The Bertz CT molecular complexity index is 777. The van der Waals surface area contributed by atoms with Crippen molar-refractivity contribution in [1.82, 2.24) is 4.98 Å². The summed E-state index contributed by atoms with van der Waals surface area (Å²) in [5, 5.41) is 3.58. The normalized spacial score (nSPS) is 9.77. The monoisotopic (exact) mass is 365 g/mol. The van der Waals surface area contributed by atoms with Crippen molar-refractivity contribution in [3.8, 4) is 0 Å². The minimum atomic E-state index is -0.216. The minimum Gasteiger partial charge on any atom is -0.324 e. The Hall–Kier alpha value is -2.63. The summed E-state index contributed by atoms with van der Waals surface area (Å²) in [7, 11) is 0. The van der Waals surface area contributed by atoms with Gasteiger partial charge >= 0.3 is 0 Å². The van der Waals surface area contributed by atoms with Crippen molar-refractivity contribution < 1.29 is 4.79 Å². The van der Waals surface area contributed by atoms with Crippen LogP contribution in [0.5, 0.6) is 0 Å². The molecule has 0 aliphatic carbocycles. The van der Waals surface area contributed by atoms with Gasteiger partial charge in [-0.2, -0.15) is 0 Å². The molecule has 3 N–H and O–H groups in total. The number of aromatic nitrogens is 1. The molecular formula is C21H23N3OS. The van der Waals surface area contributed by atoms with E-state index in [1.165, 1.54) is 11.1 Å². The second-order valence-corrected chi connectivity index (χ2v) is 6.56. The molecule has 3 rings (SSSR count). The van der Waals surface area contributed by atoms with Crippen molar-refractivity contribution in [3.63, 3.8) is 0 Å². The Morgan fingerprint density at radius 3 is 2.15 bits per heavy atom. The summed E-state index contributed by atoms with van der Waals surface area (Å²) < 4.78 is 0. The van der Waals surface area contributed by atoms with E-state index in [4.69, 9.17) is 5.73 Å². The number of carbonyl (C=O) groups excluding carboxylic acids is 1. The predicted molar refractivity (Wildman–Crippen MR) is 109 cm³/mol. The number of nitrogens with zero attached hydrogens (tertiary/aromatic N) is 1. The van der Waals surface area contributed by atoms with Crippen LogP contribution >= 0.6 is 11.8 Å². The fourth-order valence-corrected chi connectivity index (χ4v) is 2.82. The van der Waals surface area contributed by atoms with Gasteiger partial charge in [0.2, 0.25) is 5.91 Å². The number of pyridine rings is 1. The van der Waals surface area contributed by atoms with Crippen LogP contribution in [-0.2, 0) is 10.5 Å². The third-order valence-corrected chi connectivity index (χ3v) is 4.39. The van der Waals surface area contributed by atoms with Crippen molar-refractivity contribution in [2.75, 3.05) is 11.9 Å². The van der Waals surface area contributed by atoms with Gasteiger partial charge in [0.1, 0.15) is 0 Å². The molecule has 3 aromatic rings. The van der Waals surface area contributed by atoms with Gasteiger partial charge in [-0.15, -0.1) is 11.8 Å². The lowest BCUT2D eigenvalue weighted by Gasteiger charge is -2.04. The largest absolute Gasteiger partial charge is 0.324 e. The highest BCUT2D eigenvalue weighted by molar-refractivity contribution is 7.98. The average molecular weight is 366 g/mol. The Balaban J connectivity index is 0.000000290. The van der Waals surface area contributed by atoms with Gasteiger partial charge in [0.15, 0.2) is 0 Å². The van der Waals surface area contributed by atoms with Crippen molar-refractivity contribution >= 4 is 23.4 Å². The molecule has 134 valence electrons. The fraction of sp³-hybridized carbons (Fsp3) is 0.143. The summed E-state index contributed by atoms with van der Waals surface area (Å²) in [6, 6.07) is 24.2. The maximum Gasteiger partial charge on any atom is 0.238 e. The first-order chi connectivity index (χ1) is 12.7. The lowest BCUT2D eigenvalue weighted by molar-refractivity contribution is -0.114. The third-order valence-electron chi connectivity index (χ3n) is 3.38. The number of nitrogens with two attached hydrogens (primary N) is 1. The molecule has 1 aromatic heterocycles. The highest BCUT2D eigenvalue weighted by atomic mass is 32.2. The molecule has 0 aliphatic rings. The van der Waals surface area contributed by atoms with Gasteiger partial charge in [-0.25, -0.2) is 4.98 Å². The molecule has 0 radical (unpaired) electrons. The summed E-state index contributed by atoms with van der Waals surface area (Å²) >= 11 is 1.66. The van der Waals surface area contributed by atoms with Crippen molar-refractivity contribution in [2.24, 2.45) is 5.73 Å². The van der Waals surface area contributed by atoms with E-state index in [0.29, 0.717) is 5.69 Å². The topological polar surface area (TPSA) is 68.0 Å². The lowest BCUT2D eigenvalue weighted by atomic mass is 10.2. The van der Waals surface area contributed by atoms with E-state index in [-0.39, 0.29) is 12.5 Å². The highest BCUT2D eigenvalue weighted by Crippen LogP contribution is 2.21. The summed E-state index contributed by atoms with van der Waals surface area (Å²) in [6.45, 7) is 2.06. The fourth-order valence-electron chi connectivity index (χ4n) is 2.02. The minimum absolute atomic E-state index is 0.0233. The first-order valence-corrected chi connectivity index (χ1v) is 9.30. The molecule has 0 aliphatic heterocycles. The van der Waals surface area contributed by atoms with Crippen LogP contribution in [0.1, 0.15) is 11.1 Å². The number of thioether (sulfide) groups is 1. The Morgan fingerprint density at radius 2 is 1.65 bits per heavy atom. The van der Waals surface area contributed by atoms with Crippen LogP contribution in [0.4, 0.5) is 5.69 Å². The maximum atomic E-state index is 11.1. The highest BCUT2D eigenvalue weighted by Gasteiger charge is 2.01. The van der Waals surface area contributed by atoms with Crippen LogP contribution in [0.25, 0.3) is 0 Å². The van der Waals surface area contributed by atoms with Crippen molar-refractivity contribution in [1.29, 1.82) is 0 Å². The van der Waals surface area contributed by atoms with Gasteiger partial charge in [0, 0.05) is 5.75 Å². The summed E-state index contributed by atoms with van der Waals surface area (Å²) in [4.78, 5) is 15.4. The maximum absolute atomic E-state index is 11.1. The number of rotatable bonds is 5. The van der Waals surface area contributed by atoms with Crippen LogP contribution < -0.4 is 11.1 Å². The summed E-state index contributed by atoms with van der Waals surface area (Å²) in [6.07, 6.45) is 1.64. The van der Waals surface area contributed by atoms with Crippen LogP contribution in [0, 0.1) is 6.92 Å². The Kier molecular flexibility index (Phi) is 8.39. The molecule has 0 fully saturated rings. The molecule has 26 heavy (non-hydrogen) atoms. The average Bonchev–Trinajstić information content (AvgIpc) is 2.69. The van der Waals surface area contributed by atoms with Gasteiger partial charge in [0.05, 0.1) is 23.5 Å². The van der Waals surface area contributed by atoms with Crippen LogP contribution in [0.15, 0.2) is 84.0 Å². The number of hydrogen-bond donors (Lipinski definition) is 2. The smallest absolute Gasteiger partial charge is 0.238 e. The second-order valence-electron chi connectivity index (χ2n) is 5.57. The molecule has 1 amide bonds. The van der Waals surface area contributed by atoms with Crippen molar-refractivity contribution in [2.45, 2.75) is 17.7 Å². The molecule has 5 heteroatoms. The third kappa shape index (κ3) is 7.51. The van der Waals surface area contributed by atoms with Gasteiger partial charge in [-0.1, -0.05) is 66.2 Å². The molecule has 0 saturated heterocycles. The van der Waals surface area contributed by atoms with Crippen LogP contribution in [0.2, 0.25) is 0 Å². The van der Waals surface area contributed by atoms with E-state index >= 15 is 0 Å². The molecule has 4 nitrogen and oxygen atoms in total. The molecular weight excluding hydrogens is 342 g/mol. The van der Waals surface area contributed by atoms with Gasteiger partial charge in [-0.05, 0) is 24.6 Å². The molecule has 0 atom stereocenters. The number of amides is 1. The lowest BCUT2D eigenvalue weighted by Crippen LogP contribution is -2.21. The van der Waals surface area contributed by atoms with Gasteiger partial charge < -0.3 is 11.1 Å².